The summed E-state index contributed by atoms with van der Waals surface area (Å²) in [6.45, 7) is 11.6. The van der Waals surface area contributed by atoms with Crippen LogP contribution >= 0.6 is 0 Å². The lowest BCUT2D eigenvalue weighted by Crippen LogP contribution is -2.24. The van der Waals surface area contributed by atoms with Crippen LogP contribution in [0.15, 0.2) is 18.5 Å². The first-order chi connectivity index (χ1) is 6.91. The Hall–Kier alpha value is -0.850. The van der Waals surface area contributed by atoms with Crippen molar-refractivity contribution in [1.29, 1.82) is 0 Å². The molecule has 2 unspecified atom stereocenters. The van der Waals surface area contributed by atoms with Crippen molar-refractivity contribution in [2.24, 2.45) is 11.3 Å². The van der Waals surface area contributed by atoms with Gasteiger partial charge in [-0.15, -0.1) is 0 Å². The highest BCUT2D eigenvalue weighted by molar-refractivity contribution is 5.37. The molecular weight excluding hydrogens is 182 g/mol. The second-order valence-electron chi connectivity index (χ2n) is 6.17. The van der Waals surface area contributed by atoms with Crippen LogP contribution < -0.4 is 0 Å². The Balaban J connectivity index is 2.45. The van der Waals surface area contributed by atoms with Crippen molar-refractivity contribution in [3.05, 3.63) is 29.6 Å². The molecule has 1 heteroatoms. The van der Waals surface area contributed by atoms with E-state index in [0.717, 1.165) is 0 Å². The minimum absolute atomic E-state index is 0.326. The number of fused-ring (bicyclic) bond motifs is 2. The monoisotopic (exact) mass is 203 g/mol. The van der Waals surface area contributed by atoms with E-state index in [4.69, 9.17) is 0 Å². The third kappa shape index (κ3) is 1.68. The van der Waals surface area contributed by atoms with E-state index in [1.165, 1.54) is 11.1 Å². The van der Waals surface area contributed by atoms with Crippen LogP contribution in [-0.4, -0.2) is 4.98 Å². The normalized spacial score (nSPS) is 24.9. The average molecular weight is 203 g/mol. The van der Waals surface area contributed by atoms with Crippen LogP contribution in [0.3, 0.4) is 0 Å². The summed E-state index contributed by atoms with van der Waals surface area (Å²) in [4.78, 5) is 4.34. The van der Waals surface area contributed by atoms with E-state index in [-0.39, 0.29) is 0 Å². The smallest absolute Gasteiger partial charge is 0.0303 e. The first-order valence-corrected chi connectivity index (χ1v) is 5.86. The van der Waals surface area contributed by atoms with Gasteiger partial charge in [0.1, 0.15) is 0 Å². The summed E-state index contributed by atoms with van der Waals surface area (Å²) in [5, 5.41) is 0. The highest BCUT2D eigenvalue weighted by Crippen LogP contribution is 2.52. The minimum atomic E-state index is 0.326. The molecule has 1 aromatic heterocycles. The number of aromatic nitrogens is 1. The number of nitrogens with zero attached hydrogens (tertiary/aromatic N) is 1. The van der Waals surface area contributed by atoms with Gasteiger partial charge in [-0.3, -0.25) is 4.98 Å². The first-order valence-electron chi connectivity index (χ1n) is 5.86. The van der Waals surface area contributed by atoms with Gasteiger partial charge in [0.2, 0.25) is 0 Å². The second-order valence-corrected chi connectivity index (χ2v) is 6.17. The predicted molar refractivity (Wildman–Crippen MR) is 64.0 cm³/mol. The van der Waals surface area contributed by atoms with Crippen molar-refractivity contribution < 1.29 is 0 Å². The molecule has 0 saturated carbocycles. The largest absolute Gasteiger partial charge is 0.264 e. The van der Waals surface area contributed by atoms with Gasteiger partial charge in [-0.05, 0) is 34.3 Å². The van der Waals surface area contributed by atoms with Crippen LogP contribution in [-0.2, 0) is 0 Å². The van der Waals surface area contributed by atoms with E-state index < -0.39 is 0 Å². The molecular formula is C14H21N. The topological polar surface area (TPSA) is 12.9 Å². The van der Waals surface area contributed by atoms with Crippen molar-refractivity contribution in [3.63, 3.8) is 0 Å². The Morgan fingerprint density at radius 1 is 1.13 bits per heavy atom. The molecule has 0 spiro atoms. The van der Waals surface area contributed by atoms with Crippen molar-refractivity contribution in [1.82, 2.24) is 4.98 Å². The molecule has 0 fully saturated rings. The van der Waals surface area contributed by atoms with Gasteiger partial charge in [0.15, 0.2) is 0 Å². The lowest BCUT2D eigenvalue weighted by atomic mass is 9.69. The van der Waals surface area contributed by atoms with Gasteiger partial charge in [0.05, 0.1) is 0 Å². The minimum Gasteiger partial charge on any atom is -0.264 e. The summed E-state index contributed by atoms with van der Waals surface area (Å²) in [6, 6.07) is 2.34. The highest BCUT2D eigenvalue weighted by Gasteiger charge is 2.40. The van der Waals surface area contributed by atoms with Gasteiger partial charge in [-0.25, -0.2) is 0 Å². The van der Waals surface area contributed by atoms with Gasteiger partial charge < -0.3 is 0 Å². The van der Waals surface area contributed by atoms with Gasteiger partial charge in [0, 0.05) is 12.4 Å². The van der Waals surface area contributed by atoms with Crippen LogP contribution in [0, 0.1) is 11.3 Å². The van der Waals surface area contributed by atoms with Gasteiger partial charge in [0.25, 0.3) is 0 Å². The SMILES string of the molecule is CC(C)C1c2cncc(c2)C1C(C)(C)C. The molecule has 2 bridgehead atoms. The Bertz CT molecular complexity index is 360. The third-order valence-electron chi connectivity index (χ3n) is 3.53. The lowest BCUT2D eigenvalue weighted by molar-refractivity contribution is 0.255. The fraction of sp³-hybridized carbons (Fsp3) is 0.643. The maximum absolute atomic E-state index is 4.34. The molecule has 0 aliphatic heterocycles. The van der Waals surface area contributed by atoms with Crippen LogP contribution in [0.25, 0.3) is 0 Å². The summed E-state index contributed by atoms with van der Waals surface area (Å²) >= 11 is 0. The number of rotatable bonds is 1. The van der Waals surface area contributed by atoms with Crippen molar-refractivity contribution >= 4 is 0 Å². The van der Waals surface area contributed by atoms with Crippen LogP contribution in [0.2, 0.25) is 0 Å². The Morgan fingerprint density at radius 2 is 1.73 bits per heavy atom. The molecule has 15 heavy (non-hydrogen) atoms. The second kappa shape index (κ2) is 3.33. The summed E-state index contributed by atoms with van der Waals surface area (Å²) < 4.78 is 0. The quantitative estimate of drug-likeness (QED) is 0.673. The maximum atomic E-state index is 4.34. The molecule has 1 aliphatic rings. The zero-order valence-electron chi connectivity index (χ0n) is 10.4. The molecule has 1 aromatic rings. The Kier molecular flexibility index (Phi) is 2.37. The molecule has 0 N–H and O–H groups in total. The molecule has 1 nitrogen and oxygen atoms in total. The van der Waals surface area contributed by atoms with Gasteiger partial charge in [-0.2, -0.15) is 0 Å². The summed E-state index contributed by atoms with van der Waals surface area (Å²) in [7, 11) is 0. The lowest BCUT2D eigenvalue weighted by Gasteiger charge is -2.35. The van der Waals surface area contributed by atoms with E-state index in [9.17, 15) is 0 Å². The summed E-state index contributed by atoms with van der Waals surface area (Å²) in [6.07, 6.45) is 4.09. The molecule has 0 aromatic carbocycles. The fourth-order valence-electron chi connectivity index (χ4n) is 3.04. The zero-order chi connectivity index (χ0) is 11.2. The van der Waals surface area contributed by atoms with Crippen LogP contribution in [0.5, 0.6) is 0 Å². The first kappa shape index (κ1) is 10.7. The molecule has 82 valence electrons. The molecule has 2 atom stereocenters. The fourth-order valence-corrected chi connectivity index (χ4v) is 3.04. The molecule has 0 amide bonds. The van der Waals surface area contributed by atoms with Gasteiger partial charge in [-0.1, -0.05) is 40.7 Å². The number of hydrogen-bond acceptors (Lipinski definition) is 1. The van der Waals surface area contributed by atoms with Crippen molar-refractivity contribution in [3.8, 4) is 0 Å². The molecule has 0 radical (unpaired) electrons. The molecule has 1 heterocycles. The van der Waals surface area contributed by atoms with E-state index in [0.29, 0.717) is 23.2 Å². The van der Waals surface area contributed by atoms with E-state index >= 15 is 0 Å². The molecule has 2 rings (SSSR count). The standard InChI is InChI=1S/C14H21N/c1-9(2)12-10-6-11(8-15-7-10)13(12)14(3,4)5/h6-9,12-13H,1-5H3. The Labute approximate surface area is 92.9 Å². The van der Waals surface area contributed by atoms with Crippen molar-refractivity contribution in [2.45, 2.75) is 46.5 Å². The van der Waals surface area contributed by atoms with Crippen molar-refractivity contribution in [2.75, 3.05) is 0 Å². The predicted octanol–water partition coefficient (Wildman–Crippen LogP) is 3.96. The number of hydrogen-bond donors (Lipinski definition) is 0. The summed E-state index contributed by atoms with van der Waals surface area (Å²) in [5.41, 5.74) is 3.19. The third-order valence-corrected chi connectivity index (χ3v) is 3.53. The van der Waals surface area contributed by atoms with E-state index in [1.54, 1.807) is 0 Å². The zero-order valence-corrected chi connectivity index (χ0v) is 10.4. The maximum Gasteiger partial charge on any atom is 0.0303 e. The van der Waals surface area contributed by atoms with E-state index in [1.807, 2.05) is 12.4 Å². The van der Waals surface area contributed by atoms with Crippen LogP contribution in [0.4, 0.5) is 0 Å². The van der Waals surface area contributed by atoms with Gasteiger partial charge >= 0.3 is 0 Å². The molecule has 1 aliphatic carbocycles. The van der Waals surface area contributed by atoms with Crippen LogP contribution in [0.1, 0.15) is 57.6 Å². The number of pyridine rings is 1. The highest BCUT2D eigenvalue weighted by atomic mass is 14.7. The average Bonchev–Trinajstić information content (AvgIpc) is 2.36. The molecule has 0 saturated heterocycles. The summed E-state index contributed by atoms with van der Waals surface area (Å²) in [5.74, 6) is 1.98. The van der Waals surface area contributed by atoms with E-state index in [2.05, 4.69) is 45.7 Å². The Morgan fingerprint density at radius 3 is 2.27 bits per heavy atom.